The maximum atomic E-state index is 14.8. The number of rotatable bonds is 8. The van der Waals surface area contributed by atoms with Gasteiger partial charge in [-0.1, -0.05) is 23.7 Å². The van der Waals surface area contributed by atoms with E-state index in [2.05, 4.69) is 4.84 Å². The highest BCUT2D eigenvalue weighted by Gasteiger charge is 2.39. The number of hydrogen-bond donors (Lipinski definition) is 2. The van der Waals surface area contributed by atoms with Gasteiger partial charge in [-0.2, -0.15) is 13.2 Å². The summed E-state index contributed by atoms with van der Waals surface area (Å²) < 4.78 is 72.4. The van der Waals surface area contributed by atoms with Crippen molar-refractivity contribution in [2.24, 2.45) is 7.05 Å². The molecule has 0 radical (unpaired) electrons. The number of hydroxylamine groups is 1. The largest absolute Gasteiger partial charge is 0.452 e. The molecule has 1 heterocycles. The molecule has 10 nitrogen and oxygen atoms in total. The molecule has 15 heteroatoms. The number of nitrogens with one attached hydrogen (secondary N) is 2. The minimum atomic E-state index is -5.19. The van der Waals surface area contributed by atoms with Crippen LogP contribution in [0, 0.1) is 5.82 Å². The number of benzene rings is 2. The molecule has 3 rings (SSSR count). The van der Waals surface area contributed by atoms with Crippen LogP contribution in [0.5, 0.6) is 17.2 Å². The standard InChI is InChI=1S/C22H18ClF4N3O7/c1-30-17(22(25,26)27)16(18(31)28-21(30)33)10-8-15(11(23)9-12(10)24)36-13-6-4-5-7-14(13)37-20(34-2)19(32)29-35-3/h4-9,20H,1-3H3,(H,29,32)(H,28,31,33). The van der Waals surface area contributed by atoms with Gasteiger partial charge in [0.2, 0.25) is 0 Å². The Bertz CT molecular complexity index is 1440. The Morgan fingerprint density at radius 3 is 2.35 bits per heavy atom. The van der Waals surface area contributed by atoms with Crippen molar-refractivity contribution in [3.05, 3.63) is 73.8 Å². The van der Waals surface area contributed by atoms with Crippen LogP contribution >= 0.6 is 11.6 Å². The number of aromatic amines is 1. The van der Waals surface area contributed by atoms with Crippen molar-refractivity contribution in [2.45, 2.75) is 12.5 Å². The van der Waals surface area contributed by atoms with Crippen LogP contribution in [0.15, 0.2) is 46.0 Å². The van der Waals surface area contributed by atoms with Gasteiger partial charge in [0.1, 0.15) is 17.3 Å². The van der Waals surface area contributed by atoms with Crippen molar-refractivity contribution in [3.8, 4) is 28.4 Å². The number of carbonyl (C=O) groups excluding carboxylic acids is 1. The molecule has 0 saturated heterocycles. The Kier molecular flexibility index (Phi) is 8.25. The lowest BCUT2D eigenvalue weighted by molar-refractivity contribution is -0.159. The molecule has 3 aromatic rings. The van der Waals surface area contributed by atoms with Crippen molar-refractivity contribution in [2.75, 3.05) is 14.2 Å². The Hall–Kier alpha value is -3.88. The zero-order valence-corrected chi connectivity index (χ0v) is 20.0. The van der Waals surface area contributed by atoms with Crippen LogP contribution in [0.1, 0.15) is 5.69 Å². The quantitative estimate of drug-likeness (QED) is 0.252. The van der Waals surface area contributed by atoms with Crippen LogP contribution in [0.3, 0.4) is 0 Å². The Balaban J connectivity index is 2.12. The maximum Gasteiger partial charge on any atom is 0.432 e. The van der Waals surface area contributed by atoms with Gasteiger partial charge in [0, 0.05) is 19.7 Å². The lowest BCUT2D eigenvalue weighted by atomic mass is 10.0. The molecule has 0 spiro atoms. The van der Waals surface area contributed by atoms with Crippen LogP contribution in [-0.4, -0.2) is 36.0 Å². The highest BCUT2D eigenvalue weighted by Crippen LogP contribution is 2.41. The monoisotopic (exact) mass is 547 g/mol. The van der Waals surface area contributed by atoms with E-state index < -0.39 is 52.3 Å². The molecule has 2 N–H and O–H groups in total. The minimum Gasteiger partial charge on any atom is -0.452 e. The molecule has 1 atom stereocenters. The Morgan fingerprint density at radius 1 is 1.11 bits per heavy atom. The molecule has 0 bridgehead atoms. The summed E-state index contributed by atoms with van der Waals surface area (Å²) in [5, 5.41) is -0.369. The van der Waals surface area contributed by atoms with Gasteiger partial charge in [-0.3, -0.25) is 24.0 Å². The van der Waals surface area contributed by atoms with Crippen molar-refractivity contribution < 1.29 is 41.4 Å². The van der Waals surface area contributed by atoms with Crippen LogP contribution in [0.25, 0.3) is 11.1 Å². The lowest BCUT2D eigenvalue weighted by Crippen LogP contribution is -2.39. The summed E-state index contributed by atoms with van der Waals surface area (Å²) in [7, 11) is 3.14. The smallest absolute Gasteiger partial charge is 0.432 e. The number of ether oxygens (including phenoxy) is 3. The average molecular weight is 548 g/mol. The van der Waals surface area contributed by atoms with E-state index in [1.165, 1.54) is 38.5 Å². The third-order valence-corrected chi connectivity index (χ3v) is 5.11. The first-order chi connectivity index (χ1) is 17.4. The van der Waals surface area contributed by atoms with E-state index in [-0.39, 0.29) is 26.8 Å². The van der Waals surface area contributed by atoms with Crippen molar-refractivity contribution >= 4 is 17.5 Å². The van der Waals surface area contributed by atoms with E-state index in [0.29, 0.717) is 6.07 Å². The normalized spacial score (nSPS) is 12.2. The molecule has 0 fully saturated rings. The first kappa shape index (κ1) is 27.7. The summed E-state index contributed by atoms with van der Waals surface area (Å²) >= 11 is 6.07. The summed E-state index contributed by atoms with van der Waals surface area (Å²) in [4.78, 5) is 42.4. The number of carbonyl (C=O) groups is 1. The third-order valence-electron chi connectivity index (χ3n) is 4.82. The first-order valence-corrected chi connectivity index (χ1v) is 10.5. The van der Waals surface area contributed by atoms with Gasteiger partial charge < -0.3 is 14.2 Å². The third kappa shape index (κ3) is 5.93. The lowest BCUT2D eigenvalue weighted by Gasteiger charge is -2.19. The van der Waals surface area contributed by atoms with Crippen LogP contribution in [-0.2, 0) is 27.6 Å². The van der Waals surface area contributed by atoms with Crippen molar-refractivity contribution in [1.29, 1.82) is 0 Å². The molecule has 1 aromatic heterocycles. The fourth-order valence-electron chi connectivity index (χ4n) is 3.22. The second kappa shape index (κ2) is 11.0. The fraction of sp³-hybridized carbons (Fsp3) is 0.227. The number of amides is 1. The van der Waals surface area contributed by atoms with E-state index in [0.717, 1.165) is 13.1 Å². The molecule has 198 valence electrons. The number of methoxy groups -OCH3 is 1. The molecule has 0 aliphatic carbocycles. The molecule has 0 aliphatic heterocycles. The van der Waals surface area contributed by atoms with E-state index in [4.69, 9.17) is 25.8 Å². The molecular formula is C22H18ClF4N3O7. The van der Waals surface area contributed by atoms with Crippen LogP contribution in [0.4, 0.5) is 17.6 Å². The van der Waals surface area contributed by atoms with Gasteiger partial charge in [0.05, 0.1) is 17.7 Å². The number of aromatic nitrogens is 2. The van der Waals surface area contributed by atoms with Gasteiger partial charge >= 0.3 is 17.8 Å². The minimum absolute atomic E-state index is 0.0709. The number of hydrogen-bond acceptors (Lipinski definition) is 7. The van der Waals surface area contributed by atoms with E-state index in [1.807, 2.05) is 5.48 Å². The topological polar surface area (TPSA) is 121 Å². The van der Waals surface area contributed by atoms with Gasteiger partial charge in [0.25, 0.3) is 11.8 Å². The van der Waals surface area contributed by atoms with Gasteiger partial charge in [-0.25, -0.2) is 14.7 Å². The number of para-hydroxylation sites is 2. The molecular weight excluding hydrogens is 530 g/mol. The highest BCUT2D eigenvalue weighted by molar-refractivity contribution is 6.32. The SMILES string of the molecule is CONC(=O)C(OC)Oc1ccccc1Oc1cc(-c2c(C(F)(F)F)n(C)c(=O)[nH]c2=O)c(F)cc1Cl. The summed E-state index contributed by atoms with van der Waals surface area (Å²) in [5.74, 6) is -2.63. The van der Waals surface area contributed by atoms with Crippen LogP contribution in [0.2, 0.25) is 5.02 Å². The summed E-state index contributed by atoms with van der Waals surface area (Å²) in [6, 6.07) is 7.15. The second-order valence-electron chi connectivity index (χ2n) is 7.21. The zero-order valence-electron chi connectivity index (χ0n) is 19.2. The Morgan fingerprint density at radius 2 is 1.76 bits per heavy atom. The van der Waals surface area contributed by atoms with E-state index >= 15 is 0 Å². The van der Waals surface area contributed by atoms with Gasteiger partial charge in [-0.15, -0.1) is 0 Å². The summed E-state index contributed by atoms with van der Waals surface area (Å²) in [6.45, 7) is 0. The Labute approximate surface area is 210 Å². The summed E-state index contributed by atoms with van der Waals surface area (Å²) in [5.41, 5.74) is -4.47. The number of nitrogens with zero attached hydrogens (tertiary/aromatic N) is 1. The van der Waals surface area contributed by atoms with Crippen molar-refractivity contribution in [3.63, 3.8) is 0 Å². The van der Waals surface area contributed by atoms with E-state index in [9.17, 15) is 31.9 Å². The van der Waals surface area contributed by atoms with Gasteiger partial charge in [-0.05, 0) is 24.3 Å². The maximum absolute atomic E-state index is 14.8. The zero-order chi connectivity index (χ0) is 27.5. The number of H-pyrrole nitrogens is 1. The predicted octanol–water partition coefficient (Wildman–Crippen LogP) is 3.37. The van der Waals surface area contributed by atoms with Crippen molar-refractivity contribution in [1.82, 2.24) is 15.0 Å². The number of halogens is 5. The van der Waals surface area contributed by atoms with Gasteiger partial charge in [0.15, 0.2) is 11.5 Å². The molecule has 37 heavy (non-hydrogen) atoms. The second-order valence-corrected chi connectivity index (χ2v) is 7.61. The predicted molar refractivity (Wildman–Crippen MR) is 121 cm³/mol. The molecule has 2 aromatic carbocycles. The summed E-state index contributed by atoms with van der Waals surface area (Å²) in [6.07, 6.45) is -6.69. The highest BCUT2D eigenvalue weighted by atomic mass is 35.5. The molecule has 1 unspecified atom stereocenters. The van der Waals surface area contributed by atoms with Crippen LogP contribution < -0.4 is 26.2 Å². The molecule has 1 amide bonds. The number of alkyl halides is 3. The average Bonchev–Trinajstić information content (AvgIpc) is 2.81. The molecule has 0 aliphatic rings. The fourth-order valence-corrected chi connectivity index (χ4v) is 3.41. The molecule has 0 saturated carbocycles. The first-order valence-electron chi connectivity index (χ1n) is 10.1. The van der Waals surface area contributed by atoms with E-state index in [1.54, 1.807) is 4.98 Å².